The van der Waals surface area contributed by atoms with Crippen LogP contribution in [-0.4, -0.2) is 17.6 Å². The third-order valence-corrected chi connectivity index (χ3v) is 5.30. The summed E-state index contributed by atoms with van der Waals surface area (Å²) in [5.74, 6) is -1.41. The first kappa shape index (κ1) is 19.4. The number of ether oxygens (including phenoxy) is 2. The van der Waals surface area contributed by atoms with E-state index >= 15 is 0 Å². The molecule has 0 amide bonds. The second-order valence-corrected chi connectivity index (χ2v) is 7.29. The topological polar surface area (TPSA) is 94.4 Å². The van der Waals surface area contributed by atoms with Crippen LogP contribution in [0.15, 0.2) is 58.7 Å². The molecule has 0 unspecified atom stereocenters. The van der Waals surface area contributed by atoms with E-state index in [4.69, 9.17) is 38.4 Å². The van der Waals surface area contributed by atoms with Gasteiger partial charge in [0.2, 0.25) is 5.88 Å². The largest absolute Gasteiger partial charge is 0.462 e. The van der Waals surface area contributed by atoms with Gasteiger partial charge in [-0.1, -0.05) is 41.4 Å². The first-order valence-corrected chi connectivity index (χ1v) is 9.62. The number of para-hydroxylation sites is 1. The summed E-state index contributed by atoms with van der Waals surface area (Å²) in [4.78, 5) is 28.6. The van der Waals surface area contributed by atoms with Crippen molar-refractivity contribution in [2.75, 3.05) is 6.61 Å². The van der Waals surface area contributed by atoms with Gasteiger partial charge in [0.1, 0.15) is 11.3 Å². The molecule has 1 aliphatic rings. The zero-order valence-electron chi connectivity index (χ0n) is 15.3. The maximum atomic E-state index is 13.1. The van der Waals surface area contributed by atoms with Gasteiger partial charge in [-0.05, 0) is 36.8 Å². The smallest absolute Gasteiger partial charge is 0.340 e. The summed E-state index contributed by atoms with van der Waals surface area (Å²) in [5, 5.41) is 1.37. The molecule has 0 radical (unpaired) electrons. The summed E-state index contributed by atoms with van der Waals surface area (Å²) in [5.41, 5.74) is 7.06. The van der Waals surface area contributed by atoms with Crippen LogP contribution in [0.2, 0.25) is 10.0 Å². The predicted octanol–water partition coefficient (Wildman–Crippen LogP) is 4.09. The lowest BCUT2D eigenvalue weighted by atomic mass is 9.83. The third-order valence-electron chi connectivity index (χ3n) is 4.73. The van der Waals surface area contributed by atoms with E-state index in [2.05, 4.69) is 4.98 Å². The van der Waals surface area contributed by atoms with Gasteiger partial charge < -0.3 is 20.2 Å². The fraction of sp³-hybridized carbons (Fsp3) is 0.143. The zero-order valence-corrected chi connectivity index (χ0v) is 16.8. The molecule has 3 aromatic rings. The number of carbonyl (C=O) groups is 1. The average molecular weight is 431 g/mol. The quantitative estimate of drug-likeness (QED) is 0.610. The van der Waals surface area contributed by atoms with Gasteiger partial charge in [-0.15, -0.1) is 0 Å². The number of aromatic nitrogens is 1. The van der Waals surface area contributed by atoms with Crippen LogP contribution >= 0.6 is 23.2 Å². The third kappa shape index (κ3) is 3.24. The monoisotopic (exact) mass is 430 g/mol. The maximum absolute atomic E-state index is 13.1. The van der Waals surface area contributed by atoms with Crippen molar-refractivity contribution in [2.24, 2.45) is 5.73 Å². The highest BCUT2D eigenvalue weighted by Gasteiger charge is 2.39. The lowest BCUT2D eigenvalue weighted by Crippen LogP contribution is -2.32. The molecular formula is C21H16Cl2N2O4. The van der Waals surface area contributed by atoms with Crippen molar-refractivity contribution >= 4 is 40.1 Å². The van der Waals surface area contributed by atoms with E-state index in [-0.39, 0.29) is 34.4 Å². The molecule has 8 heteroatoms. The molecular weight excluding hydrogens is 415 g/mol. The van der Waals surface area contributed by atoms with Crippen molar-refractivity contribution in [1.29, 1.82) is 0 Å². The van der Waals surface area contributed by atoms with Crippen LogP contribution in [0.1, 0.15) is 24.0 Å². The number of H-pyrrole nitrogens is 1. The molecule has 0 bridgehead atoms. The molecule has 6 nitrogen and oxygen atoms in total. The Balaban J connectivity index is 2.07. The minimum absolute atomic E-state index is 0.0179. The van der Waals surface area contributed by atoms with Crippen molar-refractivity contribution in [3.8, 4) is 5.75 Å². The molecule has 0 fully saturated rings. The van der Waals surface area contributed by atoms with Crippen molar-refractivity contribution < 1.29 is 14.3 Å². The minimum atomic E-state index is -0.879. The van der Waals surface area contributed by atoms with Crippen molar-refractivity contribution in [2.45, 2.75) is 12.8 Å². The van der Waals surface area contributed by atoms with E-state index in [0.29, 0.717) is 21.5 Å². The number of pyridine rings is 1. The van der Waals surface area contributed by atoms with E-state index in [1.807, 2.05) is 6.07 Å². The van der Waals surface area contributed by atoms with Crippen LogP contribution in [0.3, 0.4) is 0 Å². The molecule has 0 saturated carbocycles. The fourth-order valence-electron chi connectivity index (χ4n) is 3.53. The van der Waals surface area contributed by atoms with Gasteiger partial charge in [0.15, 0.2) is 0 Å². The number of carbonyl (C=O) groups excluding carboxylic acids is 1. The standard InChI is InChI=1S/C21H16Cl2N2O4/c1-2-28-21(27)17-15(11-8-7-10(22)9-13(11)23)16-18(29-19(17)24)12-5-3-4-6-14(12)25-20(16)26/h3-9,15H,2,24H2,1H3,(H,25,26)/t15-/m1/s1. The minimum Gasteiger partial charge on any atom is -0.462 e. The summed E-state index contributed by atoms with van der Waals surface area (Å²) >= 11 is 12.5. The number of halogens is 2. The predicted molar refractivity (Wildman–Crippen MR) is 111 cm³/mol. The van der Waals surface area contributed by atoms with Crippen LogP contribution in [0.4, 0.5) is 0 Å². The second-order valence-electron chi connectivity index (χ2n) is 6.44. The molecule has 2 heterocycles. The Hall–Kier alpha value is -2.96. The van der Waals surface area contributed by atoms with Crippen LogP contribution < -0.4 is 16.0 Å². The van der Waals surface area contributed by atoms with Gasteiger partial charge in [0.25, 0.3) is 5.56 Å². The number of hydrogen-bond acceptors (Lipinski definition) is 5. The molecule has 148 valence electrons. The zero-order chi connectivity index (χ0) is 20.7. The number of aromatic amines is 1. The number of hydrogen-bond donors (Lipinski definition) is 2. The fourth-order valence-corrected chi connectivity index (χ4v) is 4.04. The number of benzene rings is 2. The highest BCUT2D eigenvalue weighted by Crippen LogP contribution is 2.45. The first-order valence-electron chi connectivity index (χ1n) is 8.86. The summed E-state index contributed by atoms with van der Waals surface area (Å²) in [7, 11) is 0. The Bertz CT molecular complexity index is 1230. The van der Waals surface area contributed by atoms with Gasteiger partial charge in [-0.3, -0.25) is 4.79 Å². The maximum Gasteiger partial charge on any atom is 0.340 e. The Morgan fingerprint density at radius 1 is 1.24 bits per heavy atom. The molecule has 1 atom stereocenters. The van der Waals surface area contributed by atoms with E-state index in [0.717, 1.165) is 0 Å². The van der Waals surface area contributed by atoms with Gasteiger partial charge in [0.05, 0.1) is 23.6 Å². The number of esters is 1. The highest BCUT2D eigenvalue weighted by molar-refractivity contribution is 6.35. The molecule has 4 rings (SSSR count). The molecule has 1 aromatic heterocycles. The molecule has 29 heavy (non-hydrogen) atoms. The highest BCUT2D eigenvalue weighted by atomic mass is 35.5. The number of rotatable bonds is 3. The number of nitrogens with two attached hydrogens (primary N) is 1. The molecule has 2 aromatic carbocycles. The molecule has 0 aliphatic carbocycles. The number of fused-ring (bicyclic) bond motifs is 3. The van der Waals surface area contributed by atoms with Crippen LogP contribution in [-0.2, 0) is 9.53 Å². The lowest BCUT2D eigenvalue weighted by molar-refractivity contribution is -0.139. The summed E-state index contributed by atoms with van der Waals surface area (Å²) < 4.78 is 11.0. The van der Waals surface area contributed by atoms with Crippen LogP contribution in [0, 0.1) is 0 Å². The Morgan fingerprint density at radius 2 is 2.00 bits per heavy atom. The van der Waals surface area contributed by atoms with Crippen LogP contribution in [0.5, 0.6) is 5.75 Å². The Morgan fingerprint density at radius 3 is 2.72 bits per heavy atom. The molecule has 3 N–H and O–H groups in total. The normalized spacial score (nSPS) is 15.8. The lowest BCUT2D eigenvalue weighted by Gasteiger charge is -2.29. The Labute approximate surface area is 175 Å². The van der Waals surface area contributed by atoms with E-state index in [1.54, 1.807) is 43.3 Å². The van der Waals surface area contributed by atoms with E-state index < -0.39 is 17.4 Å². The Kier molecular flexibility index (Phi) is 4.98. The van der Waals surface area contributed by atoms with Gasteiger partial charge in [-0.25, -0.2) is 4.79 Å². The van der Waals surface area contributed by atoms with Crippen molar-refractivity contribution in [1.82, 2.24) is 4.98 Å². The van der Waals surface area contributed by atoms with Crippen molar-refractivity contribution in [3.63, 3.8) is 0 Å². The van der Waals surface area contributed by atoms with Gasteiger partial charge >= 0.3 is 5.97 Å². The van der Waals surface area contributed by atoms with Crippen molar-refractivity contribution in [3.05, 3.63) is 85.4 Å². The van der Waals surface area contributed by atoms with Gasteiger partial charge in [0, 0.05) is 15.4 Å². The summed E-state index contributed by atoms with van der Waals surface area (Å²) in [6, 6.07) is 12.0. The second kappa shape index (κ2) is 7.46. The summed E-state index contributed by atoms with van der Waals surface area (Å²) in [6.45, 7) is 1.81. The molecule has 0 saturated heterocycles. The van der Waals surface area contributed by atoms with Gasteiger partial charge in [-0.2, -0.15) is 0 Å². The molecule has 1 aliphatic heterocycles. The van der Waals surface area contributed by atoms with E-state index in [1.165, 1.54) is 0 Å². The first-order chi connectivity index (χ1) is 13.9. The number of nitrogens with one attached hydrogen (secondary N) is 1. The summed E-state index contributed by atoms with van der Waals surface area (Å²) in [6.07, 6.45) is 0. The van der Waals surface area contributed by atoms with E-state index in [9.17, 15) is 9.59 Å². The molecule has 0 spiro atoms. The average Bonchev–Trinajstić information content (AvgIpc) is 2.67. The SMILES string of the molecule is CCOC(=O)C1=C(N)Oc2c(c(=O)[nH]c3ccccc23)[C@H]1c1ccc(Cl)cc1Cl. The van der Waals surface area contributed by atoms with Crippen LogP contribution in [0.25, 0.3) is 10.9 Å².